The van der Waals surface area contributed by atoms with Gasteiger partial charge in [0.05, 0.1) is 43.9 Å². The molecule has 0 atom stereocenters. The first-order valence-corrected chi connectivity index (χ1v) is 31.1. The third-order valence-electron chi connectivity index (χ3n) is 14.4. The van der Waals surface area contributed by atoms with Crippen LogP contribution in [-0.2, 0) is 33.3 Å². The lowest BCUT2D eigenvalue weighted by Crippen LogP contribution is -2.45. The number of carbonyl (C=O) groups excluding carboxylic acids is 3. The maximum absolute atomic E-state index is 13.0. The molecule has 0 rings (SSSR count). The second kappa shape index (κ2) is 55.2. The number of aliphatic hydroxyl groups is 3. The van der Waals surface area contributed by atoms with E-state index >= 15 is 0 Å². The van der Waals surface area contributed by atoms with Gasteiger partial charge >= 0.3 is 17.9 Å². The standard InChI is InChI=1S/C64H118O10/c1-4-7-10-13-16-19-22-25-28-31-34-37-40-43-46-49-60(68)72-57-63(52-65,53-66)55-71-56-64(54-67,58-73-61(69)50-47-44-41-38-35-32-29-26-23-20-17-14-11-8-5-2)59-74-62(70)51-48-45-42-39-36-33-30-27-24-21-18-15-12-9-6-3/h25-30,65-67H,4-24,31-59H2,1-3H3/b28-25-,29-26-,30-27-. The van der Waals surface area contributed by atoms with E-state index in [4.69, 9.17) is 18.9 Å². The average molecular weight is 1050 g/mol. The highest BCUT2D eigenvalue weighted by Gasteiger charge is 2.37. The molecule has 74 heavy (non-hydrogen) atoms. The number of hydrogen-bond donors (Lipinski definition) is 3. The van der Waals surface area contributed by atoms with Crippen LogP contribution in [0.2, 0.25) is 0 Å². The zero-order valence-electron chi connectivity index (χ0n) is 48.5. The number of aliphatic hydroxyl groups excluding tert-OH is 3. The zero-order valence-corrected chi connectivity index (χ0v) is 48.5. The van der Waals surface area contributed by atoms with Crippen LogP contribution in [0.5, 0.6) is 0 Å². The van der Waals surface area contributed by atoms with Crippen molar-refractivity contribution in [3.05, 3.63) is 36.5 Å². The van der Waals surface area contributed by atoms with E-state index in [0.717, 1.165) is 96.3 Å². The van der Waals surface area contributed by atoms with Crippen LogP contribution >= 0.6 is 0 Å². The summed E-state index contributed by atoms with van der Waals surface area (Å²) in [6, 6.07) is 0. The fraction of sp³-hybridized carbons (Fsp3) is 0.859. The molecule has 0 amide bonds. The topological polar surface area (TPSA) is 149 Å². The number of carbonyl (C=O) groups is 3. The monoisotopic (exact) mass is 1050 g/mol. The summed E-state index contributed by atoms with van der Waals surface area (Å²) in [4.78, 5) is 38.6. The number of allylic oxidation sites excluding steroid dienone is 6. The van der Waals surface area contributed by atoms with Crippen LogP contribution in [0.4, 0.5) is 0 Å². The van der Waals surface area contributed by atoms with E-state index in [1.807, 2.05) is 0 Å². The van der Waals surface area contributed by atoms with Crippen molar-refractivity contribution in [3.63, 3.8) is 0 Å². The normalized spacial score (nSPS) is 12.2. The Kier molecular flexibility index (Phi) is 53.3. The molecule has 0 bridgehead atoms. The molecule has 0 radical (unpaired) electrons. The fourth-order valence-electron chi connectivity index (χ4n) is 8.96. The van der Waals surface area contributed by atoms with Gasteiger partial charge < -0.3 is 34.3 Å². The lowest BCUT2D eigenvalue weighted by Gasteiger charge is -2.34. The summed E-state index contributed by atoms with van der Waals surface area (Å²) in [6.45, 7) is 4.14. The summed E-state index contributed by atoms with van der Waals surface area (Å²) in [5, 5.41) is 31.5. The van der Waals surface area contributed by atoms with Gasteiger partial charge in [0, 0.05) is 19.3 Å². The van der Waals surface area contributed by atoms with E-state index in [2.05, 4.69) is 57.2 Å². The van der Waals surface area contributed by atoms with Gasteiger partial charge in [-0.3, -0.25) is 14.4 Å². The fourth-order valence-corrected chi connectivity index (χ4v) is 8.96. The minimum absolute atomic E-state index is 0.185. The molecule has 0 saturated heterocycles. The summed E-state index contributed by atoms with van der Waals surface area (Å²) in [5.74, 6) is -1.17. The summed E-state index contributed by atoms with van der Waals surface area (Å²) >= 11 is 0. The Morgan fingerprint density at radius 2 is 0.514 bits per heavy atom. The highest BCUT2D eigenvalue weighted by atomic mass is 16.6. The van der Waals surface area contributed by atoms with Crippen LogP contribution in [0.25, 0.3) is 0 Å². The summed E-state index contributed by atoms with van der Waals surface area (Å²) in [5.41, 5.74) is -2.56. The molecular formula is C64H118O10. The second-order valence-corrected chi connectivity index (χ2v) is 22.0. The molecule has 0 spiro atoms. The van der Waals surface area contributed by atoms with Gasteiger partial charge in [0.25, 0.3) is 0 Å². The molecule has 0 aromatic carbocycles. The molecule has 434 valence electrons. The molecule has 0 saturated carbocycles. The Bertz CT molecular complexity index is 1270. The molecule has 10 nitrogen and oxygen atoms in total. The van der Waals surface area contributed by atoms with Gasteiger partial charge in [-0.2, -0.15) is 0 Å². The van der Waals surface area contributed by atoms with Gasteiger partial charge in [0.15, 0.2) is 0 Å². The molecule has 0 fully saturated rings. The first kappa shape index (κ1) is 71.5. The SMILES string of the molecule is CCCCCCCC/C=C\CCCCCCCC(=O)OCC(CO)(CO)COCC(CO)(COC(=O)CCCCCCC/C=C\CCCCCCCC)COC(=O)CCCCCCC/C=C\CCCCCCCC. The van der Waals surface area contributed by atoms with Gasteiger partial charge in [-0.15, -0.1) is 0 Å². The number of rotatable bonds is 58. The van der Waals surface area contributed by atoms with Crippen LogP contribution in [0, 0.1) is 10.8 Å². The van der Waals surface area contributed by atoms with Crippen LogP contribution in [0.15, 0.2) is 36.5 Å². The van der Waals surface area contributed by atoms with E-state index < -0.39 is 48.6 Å². The van der Waals surface area contributed by atoms with E-state index in [0.29, 0.717) is 19.3 Å². The van der Waals surface area contributed by atoms with E-state index in [1.54, 1.807) is 0 Å². The predicted molar refractivity (Wildman–Crippen MR) is 308 cm³/mol. The van der Waals surface area contributed by atoms with Crippen molar-refractivity contribution in [2.75, 3.05) is 52.9 Å². The van der Waals surface area contributed by atoms with Gasteiger partial charge in [-0.05, 0) is 96.3 Å². The second-order valence-electron chi connectivity index (χ2n) is 22.0. The van der Waals surface area contributed by atoms with Crippen molar-refractivity contribution in [1.82, 2.24) is 0 Å². The Labute approximate surface area is 455 Å². The molecule has 0 aliphatic carbocycles. The predicted octanol–water partition coefficient (Wildman–Crippen LogP) is 16.7. The summed E-state index contributed by atoms with van der Waals surface area (Å²) in [6.07, 6.45) is 60.0. The van der Waals surface area contributed by atoms with Gasteiger partial charge in [-0.25, -0.2) is 0 Å². The quantitative estimate of drug-likeness (QED) is 0.0233. The molecule has 0 aromatic rings. The van der Waals surface area contributed by atoms with E-state index in [-0.39, 0.29) is 52.3 Å². The van der Waals surface area contributed by atoms with Crippen molar-refractivity contribution in [1.29, 1.82) is 0 Å². The number of ether oxygens (including phenoxy) is 4. The van der Waals surface area contributed by atoms with Crippen molar-refractivity contribution in [3.8, 4) is 0 Å². The van der Waals surface area contributed by atoms with Crippen LogP contribution < -0.4 is 0 Å². The maximum atomic E-state index is 13.0. The number of unbranched alkanes of at least 4 members (excludes halogenated alkanes) is 33. The average Bonchev–Trinajstić information content (AvgIpc) is 3.41. The first-order chi connectivity index (χ1) is 36.3. The highest BCUT2D eigenvalue weighted by Crippen LogP contribution is 2.25. The number of esters is 3. The van der Waals surface area contributed by atoms with Gasteiger partial charge in [0.2, 0.25) is 0 Å². The van der Waals surface area contributed by atoms with Crippen LogP contribution in [0.3, 0.4) is 0 Å². The van der Waals surface area contributed by atoms with Crippen molar-refractivity contribution >= 4 is 17.9 Å². The zero-order chi connectivity index (χ0) is 54.2. The Balaban J connectivity index is 4.95. The van der Waals surface area contributed by atoms with E-state index in [1.165, 1.54) is 135 Å². The largest absolute Gasteiger partial charge is 0.465 e. The lowest BCUT2D eigenvalue weighted by atomic mass is 9.90. The van der Waals surface area contributed by atoms with Crippen LogP contribution in [0.1, 0.15) is 290 Å². The molecule has 0 aliphatic rings. The Morgan fingerprint density at radius 3 is 0.770 bits per heavy atom. The van der Waals surface area contributed by atoms with Crippen molar-refractivity contribution in [2.45, 2.75) is 290 Å². The number of hydrogen-bond acceptors (Lipinski definition) is 10. The lowest BCUT2D eigenvalue weighted by molar-refractivity contribution is -0.165. The molecule has 0 aliphatic heterocycles. The van der Waals surface area contributed by atoms with Gasteiger partial charge in [0.1, 0.15) is 19.8 Å². The van der Waals surface area contributed by atoms with Crippen molar-refractivity contribution in [2.24, 2.45) is 10.8 Å². The minimum Gasteiger partial charge on any atom is -0.465 e. The molecule has 0 heterocycles. The van der Waals surface area contributed by atoms with Crippen molar-refractivity contribution < 1.29 is 48.7 Å². The third-order valence-corrected chi connectivity index (χ3v) is 14.4. The molecule has 10 heteroatoms. The maximum Gasteiger partial charge on any atom is 0.305 e. The summed E-state index contributed by atoms with van der Waals surface area (Å²) < 4.78 is 23.0. The van der Waals surface area contributed by atoms with Gasteiger partial charge in [-0.1, -0.05) is 211 Å². The molecule has 0 aromatic heterocycles. The molecule has 3 N–H and O–H groups in total. The third kappa shape index (κ3) is 46.7. The van der Waals surface area contributed by atoms with Crippen LogP contribution in [-0.4, -0.2) is 86.1 Å². The Hall–Kier alpha value is -2.53. The smallest absolute Gasteiger partial charge is 0.305 e. The van der Waals surface area contributed by atoms with E-state index in [9.17, 15) is 29.7 Å². The highest BCUT2D eigenvalue weighted by molar-refractivity contribution is 5.70. The molecular weight excluding hydrogens is 929 g/mol. The molecule has 0 unspecified atom stereocenters. The minimum atomic E-state index is -1.29. The summed E-state index contributed by atoms with van der Waals surface area (Å²) in [7, 11) is 0. The Morgan fingerprint density at radius 1 is 0.297 bits per heavy atom. The first-order valence-electron chi connectivity index (χ1n) is 31.1.